The number of fused-ring (bicyclic) bond motifs is 3. The standard InChI is InChI=1S/C25H32N2O4/c1-15(2)10-17(24(29)31-25(4,5)6)14-30-18-8-9-19-20-11-16(3)26-13-21(20)23(28)27(7)22(19)12-18/h8-9,11-13,15,17H,10,14H2,1-7H3/t17-/m0/s1. The molecule has 1 aromatic carbocycles. The van der Waals surface area contributed by atoms with Crippen LogP contribution in [0.15, 0.2) is 35.3 Å². The maximum Gasteiger partial charge on any atom is 0.312 e. The van der Waals surface area contributed by atoms with E-state index >= 15 is 0 Å². The molecule has 2 heterocycles. The summed E-state index contributed by atoms with van der Waals surface area (Å²) in [5, 5.41) is 2.43. The van der Waals surface area contributed by atoms with Crippen molar-refractivity contribution in [1.29, 1.82) is 0 Å². The highest BCUT2D eigenvalue weighted by atomic mass is 16.6. The van der Waals surface area contributed by atoms with Gasteiger partial charge in [-0.3, -0.25) is 14.6 Å². The Morgan fingerprint density at radius 2 is 1.84 bits per heavy atom. The predicted octanol–water partition coefficient (Wildman–Crippen LogP) is 4.78. The molecule has 0 amide bonds. The largest absolute Gasteiger partial charge is 0.493 e. The van der Waals surface area contributed by atoms with Crippen LogP contribution in [0.25, 0.3) is 21.7 Å². The van der Waals surface area contributed by atoms with Gasteiger partial charge in [-0.25, -0.2) is 0 Å². The molecule has 0 saturated heterocycles. The molecule has 0 bridgehead atoms. The fourth-order valence-electron chi connectivity index (χ4n) is 3.73. The summed E-state index contributed by atoms with van der Waals surface area (Å²) < 4.78 is 13.2. The quantitative estimate of drug-likeness (QED) is 0.421. The van der Waals surface area contributed by atoms with Crippen LogP contribution in [0, 0.1) is 18.8 Å². The number of carbonyl (C=O) groups is 1. The molecule has 0 N–H and O–H groups in total. The van der Waals surface area contributed by atoms with Crippen molar-refractivity contribution in [3.8, 4) is 5.75 Å². The second kappa shape index (κ2) is 8.69. The SMILES string of the molecule is Cc1cc2c(cn1)c(=O)n(C)c1cc(OC[C@H](CC(C)C)C(=O)OC(C)(C)C)ccc21. The number of esters is 1. The van der Waals surface area contributed by atoms with Crippen LogP contribution in [0.2, 0.25) is 0 Å². The lowest BCUT2D eigenvalue weighted by Crippen LogP contribution is -2.32. The summed E-state index contributed by atoms with van der Waals surface area (Å²) in [6.07, 6.45) is 2.31. The minimum Gasteiger partial charge on any atom is -0.493 e. The van der Waals surface area contributed by atoms with Gasteiger partial charge >= 0.3 is 5.97 Å². The van der Waals surface area contributed by atoms with Crippen molar-refractivity contribution in [2.45, 2.75) is 53.6 Å². The Morgan fingerprint density at radius 3 is 2.48 bits per heavy atom. The fraction of sp³-hybridized carbons (Fsp3) is 0.480. The van der Waals surface area contributed by atoms with Gasteiger partial charge in [0, 0.05) is 30.4 Å². The number of carbonyl (C=O) groups excluding carboxylic acids is 1. The molecule has 0 aliphatic rings. The van der Waals surface area contributed by atoms with Gasteiger partial charge in [0.1, 0.15) is 18.0 Å². The van der Waals surface area contributed by atoms with Gasteiger partial charge < -0.3 is 14.0 Å². The third-order valence-corrected chi connectivity index (χ3v) is 5.14. The zero-order chi connectivity index (χ0) is 22.9. The summed E-state index contributed by atoms with van der Waals surface area (Å²) in [5.41, 5.74) is 0.995. The molecule has 2 aromatic heterocycles. The minimum atomic E-state index is -0.540. The van der Waals surface area contributed by atoms with E-state index in [0.29, 0.717) is 23.5 Å². The van der Waals surface area contributed by atoms with Gasteiger partial charge in [0.05, 0.1) is 16.8 Å². The Balaban J connectivity index is 1.92. The Labute approximate surface area is 183 Å². The molecule has 0 fully saturated rings. The molecule has 3 rings (SSSR count). The second-order valence-corrected chi connectivity index (χ2v) is 9.59. The van der Waals surface area contributed by atoms with E-state index in [0.717, 1.165) is 22.0 Å². The lowest BCUT2D eigenvalue weighted by atomic mass is 9.97. The summed E-state index contributed by atoms with van der Waals surface area (Å²) in [6, 6.07) is 7.62. The molecule has 0 radical (unpaired) electrons. The summed E-state index contributed by atoms with van der Waals surface area (Å²) in [4.78, 5) is 29.7. The molecule has 0 unspecified atom stereocenters. The van der Waals surface area contributed by atoms with E-state index in [1.54, 1.807) is 17.8 Å². The number of hydrogen-bond acceptors (Lipinski definition) is 5. The molecule has 6 nitrogen and oxygen atoms in total. The van der Waals surface area contributed by atoms with Crippen molar-refractivity contribution in [1.82, 2.24) is 9.55 Å². The fourth-order valence-corrected chi connectivity index (χ4v) is 3.73. The third kappa shape index (κ3) is 5.24. The van der Waals surface area contributed by atoms with E-state index in [1.807, 2.05) is 52.0 Å². The number of pyridine rings is 2. The number of ether oxygens (including phenoxy) is 2. The average Bonchev–Trinajstić information content (AvgIpc) is 2.67. The second-order valence-electron chi connectivity index (χ2n) is 9.59. The maximum absolute atomic E-state index is 12.8. The molecule has 3 aromatic rings. The molecule has 0 spiro atoms. The number of rotatable bonds is 6. The highest BCUT2D eigenvalue weighted by molar-refractivity contribution is 6.05. The van der Waals surface area contributed by atoms with Gasteiger partial charge in [0.2, 0.25) is 0 Å². The molecule has 31 heavy (non-hydrogen) atoms. The summed E-state index contributed by atoms with van der Waals surface area (Å²) in [5.74, 6) is 0.346. The Morgan fingerprint density at radius 1 is 1.13 bits per heavy atom. The zero-order valence-corrected chi connectivity index (χ0v) is 19.5. The first-order valence-corrected chi connectivity index (χ1v) is 10.7. The monoisotopic (exact) mass is 424 g/mol. The lowest BCUT2D eigenvalue weighted by Gasteiger charge is -2.25. The first-order chi connectivity index (χ1) is 14.5. The molecular weight excluding hydrogens is 392 g/mol. The topological polar surface area (TPSA) is 70.4 Å². The van der Waals surface area contributed by atoms with E-state index in [-0.39, 0.29) is 24.1 Å². The average molecular weight is 425 g/mol. The Kier molecular flexibility index (Phi) is 6.39. The normalized spacial score (nSPS) is 13.0. The van der Waals surface area contributed by atoms with E-state index in [2.05, 4.69) is 18.8 Å². The van der Waals surface area contributed by atoms with Gasteiger partial charge in [-0.1, -0.05) is 13.8 Å². The van der Waals surface area contributed by atoms with Gasteiger partial charge in [-0.05, 0) is 63.6 Å². The maximum atomic E-state index is 12.8. The van der Waals surface area contributed by atoms with E-state index in [1.165, 1.54) is 0 Å². The van der Waals surface area contributed by atoms with E-state index in [4.69, 9.17) is 9.47 Å². The van der Waals surface area contributed by atoms with Gasteiger partial charge in [0.25, 0.3) is 5.56 Å². The highest BCUT2D eigenvalue weighted by Gasteiger charge is 2.26. The van der Waals surface area contributed by atoms with Crippen molar-refractivity contribution in [2.75, 3.05) is 6.61 Å². The number of aromatic nitrogens is 2. The van der Waals surface area contributed by atoms with Crippen LogP contribution in [-0.2, 0) is 16.6 Å². The number of nitrogens with zero attached hydrogens (tertiary/aromatic N) is 2. The first kappa shape index (κ1) is 22.8. The van der Waals surface area contributed by atoms with Gasteiger partial charge in [0.15, 0.2) is 0 Å². The zero-order valence-electron chi connectivity index (χ0n) is 19.5. The van der Waals surface area contributed by atoms with Crippen molar-refractivity contribution < 1.29 is 14.3 Å². The molecule has 166 valence electrons. The van der Waals surface area contributed by atoms with Crippen molar-refractivity contribution in [3.63, 3.8) is 0 Å². The molecule has 0 saturated carbocycles. The molecule has 6 heteroatoms. The summed E-state index contributed by atoms with van der Waals surface area (Å²) >= 11 is 0. The van der Waals surface area contributed by atoms with Crippen LogP contribution in [-0.4, -0.2) is 27.7 Å². The Bertz CT molecular complexity index is 1170. The van der Waals surface area contributed by atoms with Gasteiger partial charge in [-0.2, -0.15) is 0 Å². The van der Waals surface area contributed by atoms with Crippen LogP contribution in [0.3, 0.4) is 0 Å². The summed E-state index contributed by atoms with van der Waals surface area (Å²) in [7, 11) is 1.75. The van der Waals surface area contributed by atoms with Gasteiger partial charge in [-0.15, -0.1) is 0 Å². The predicted molar refractivity (Wildman–Crippen MR) is 124 cm³/mol. The molecule has 0 aliphatic heterocycles. The highest BCUT2D eigenvalue weighted by Crippen LogP contribution is 2.27. The van der Waals surface area contributed by atoms with Crippen molar-refractivity contribution in [2.24, 2.45) is 18.9 Å². The summed E-state index contributed by atoms with van der Waals surface area (Å²) in [6.45, 7) is 11.9. The number of benzene rings is 1. The van der Waals surface area contributed by atoms with Crippen LogP contribution >= 0.6 is 0 Å². The van der Waals surface area contributed by atoms with Crippen molar-refractivity contribution in [3.05, 3.63) is 46.5 Å². The number of hydrogen-bond donors (Lipinski definition) is 0. The molecule has 1 atom stereocenters. The lowest BCUT2D eigenvalue weighted by molar-refractivity contribution is -0.161. The van der Waals surface area contributed by atoms with E-state index in [9.17, 15) is 9.59 Å². The van der Waals surface area contributed by atoms with Crippen LogP contribution < -0.4 is 10.3 Å². The third-order valence-electron chi connectivity index (χ3n) is 5.14. The van der Waals surface area contributed by atoms with Crippen molar-refractivity contribution >= 4 is 27.6 Å². The number of aryl methyl sites for hydroxylation is 2. The van der Waals surface area contributed by atoms with Crippen LogP contribution in [0.4, 0.5) is 0 Å². The molecule has 0 aliphatic carbocycles. The smallest absolute Gasteiger partial charge is 0.312 e. The van der Waals surface area contributed by atoms with E-state index < -0.39 is 5.60 Å². The Hall–Kier alpha value is -2.89. The minimum absolute atomic E-state index is 0.0985. The van der Waals surface area contributed by atoms with Crippen LogP contribution in [0.5, 0.6) is 5.75 Å². The first-order valence-electron chi connectivity index (χ1n) is 10.7. The molecular formula is C25H32N2O4. The van der Waals surface area contributed by atoms with Crippen LogP contribution in [0.1, 0.15) is 46.7 Å².